The van der Waals surface area contributed by atoms with Gasteiger partial charge in [-0.2, -0.15) is 0 Å². The summed E-state index contributed by atoms with van der Waals surface area (Å²) < 4.78 is 0. The van der Waals surface area contributed by atoms with Crippen LogP contribution in [-0.2, 0) is 5.54 Å². The van der Waals surface area contributed by atoms with Crippen LogP contribution in [0, 0.1) is 0 Å². The number of hydrogen-bond donors (Lipinski definition) is 0. The van der Waals surface area contributed by atoms with E-state index in [4.69, 9.17) is 0 Å². The van der Waals surface area contributed by atoms with Crippen molar-refractivity contribution in [2.24, 2.45) is 0 Å². The van der Waals surface area contributed by atoms with Gasteiger partial charge in [-0.3, -0.25) is 4.90 Å². The lowest BCUT2D eigenvalue weighted by Crippen LogP contribution is -2.42. The summed E-state index contributed by atoms with van der Waals surface area (Å²) in [7, 11) is 4.44. The first-order valence-corrected chi connectivity index (χ1v) is 5.99. The molecule has 0 amide bonds. The van der Waals surface area contributed by atoms with E-state index >= 15 is 0 Å². The fourth-order valence-electron chi connectivity index (χ4n) is 2.88. The van der Waals surface area contributed by atoms with Crippen molar-refractivity contribution in [3.8, 4) is 0 Å². The summed E-state index contributed by atoms with van der Waals surface area (Å²) in [6.45, 7) is 0. The first-order valence-electron chi connectivity index (χ1n) is 5.99. The van der Waals surface area contributed by atoms with Gasteiger partial charge >= 0.3 is 0 Å². The van der Waals surface area contributed by atoms with Gasteiger partial charge in [-0.25, -0.2) is 0 Å². The number of nitrogens with zero attached hydrogens (tertiary/aromatic N) is 1. The van der Waals surface area contributed by atoms with Crippen LogP contribution in [0.3, 0.4) is 0 Å². The number of hydrogen-bond acceptors (Lipinski definition) is 1. The fourth-order valence-corrected chi connectivity index (χ4v) is 2.88. The monoisotopic (exact) mass is 203 g/mol. The molecule has 15 heavy (non-hydrogen) atoms. The molecule has 1 fully saturated rings. The highest BCUT2D eigenvalue weighted by Crippen LogP contribution is 2.40. The van der Waals surface area contributed by atoms with Crippen LogP contribution in [0.2, 0.25) is 0 Å². The van der Waals surface area contributed by atoms with Gasteiger partial charge in [-0.15, -0.1) is 0 Å². The highest BCUT2D eigenvalue weighted by Gasteiger charge is 2.35. The molecule has 2 rings (SSSR count). The first kappa shape index (κ1) is 10.7. The molecule has 0 radical (unpaired) electrons. The Morgan fingerprint density at radius 1 is 0.933 bits per heavy atom. The van der Waals surface area contributed by atoms with Gasteiger partial charge in [-0.05, 0) is 32.5 Å². The summed E-state index contributed by atoms with van der Waals surface area (Å²) in [4.78, 5) is 2.42. The van der Waals surface area contributed by atoms with Gasteiger partial charge in [-0.1, -0.05) is 49.6 Å². The molecule has 1 aliphatic carbocycles. The Hall–Kier alpha value is -0.820. The van der Waals surface area contributed by atoms with E-state index in [-0.39, 0.29) is 0 Å². The standard InChI is InChI=1S/C14H21N/c1-15(2)14(11-7-4-8-12-14)13-9-5-3-6-10-13/h3,5-6,9-10H,4,7-8,11-12H2,1-2H3. The molecule has 0 bridgehead atoms. The second-order valence-corrected chi connectivity index (χ2v) is 4.85. The molecule has 1 aliphatic rings. The van der Waals surface area contributed by atoms with E-state index < -0.39 is 0 Å². The molecule has 0 saturated heterocycles. The molecule has 1 aromatic carbocycles. The maximum Gasteiger partial charge on any atom is 0.0454 e. The zero-order valence-electron chi connectivity index (χ0n) is 9.87. The molecule has 1 heteroatoms. The van der Waals surface area contributed by atoms with Crippen LogP contribution in [0.4, 0.5) is 0 Å². The average Bonchev–Trinajstić information content (AvgIpc) is 2.31. The molecule has 0 aliphatic heterocycles. The molecule has 0 N–H and O–H groups in total. The Balaban J connectivity index is 2.34. The third kappa shape index (κ3) is 1.93. The molecular weight excluding hydrogens is 182 g/mol. The van der Waals surface area contributed by atoms with E-state index in [0.29, 0.717) is 5.54 Å². The van der Waals surface area contributed by atoms with Crippen LogP contribution >= 0.6 is 0 Å². The van der Waals surface area contributed by atoms with E-state index in [1.807, 2.05) is 0 Å². The molecule has 0 unspecified atom stereocenters. The smallest absolute Gasteiger partial charge is 0.0454 e. The second-order valence-electron chi connectivity index (χ2n) is 4.85. The lowest BCUT2D eigenvalue weighted by atomic mass is 9.76. The topological polar surface area (TPSA) is 3.24 Å². The lowest BCUT2D eigenvalue weighted by molar-refractivity contribution is 0.0988. The van der Waals surface area contributed by atoms with Gasteiger partial charge in [0.2, 0.25) is 0 Å². The Morgan fingerprint density at radius 2 is 1.53 bits per heavy atom. The fraction of sp³-hybridized carbons (Fsp3) is 0.571. The SMILES string of the molecule is CN(C)C1(c2ccccc2)CCCCC1. The summed E-state index contributed by atoms with van der Waals surface area (Å²) in [6, 6.07) is 11.0. The van der Waals surface area contributed by atoms with E-state index in [2.05, 4.69) is 49.3 Å². The second kappa shape index (κ2) is 4.36. The normalized spacial score (nSPS) is 20.5. The third-order valence-electron chi connectivity index (χ3n) is 3.85. The molecule has 1 aromatic rings. The molecule has 0 heterocycles. The van der Waals surface area contributed by atoms with Crippen LogP contribution in [0.5, 0.6) is 0 Å². The van der Waals surface area contributed by atoms with Crippen LogP contribution in [0.1, 0.15) is 37.7 Å². The van der Waals surface area contributed by atoms with Crippen molar-refractivity contribution in [3.05, 3.63) is 35.9 Å². The van der Waals surface area contributed by atoms with Gasteiger partial charge in [0.05, 0.1) is 0 Å². The van der Waals surface area contributed by atoms with Gasteiger partial charge in [0.15, 0.2) is 0 Å². The lowest BCUT2D eigenvalue weighted by Gasteiger charge is -2.43. The van der Waals surface area contributed by atoms with Crippen LogP contribution in [0.25, 0.3) is 0 Å². The molecular formula is C14H21N. The van der Waals surface area contributed by atoms with Crippen molar-refractivity contribution < 1.29 is 0 Å². The number of benzene rings is 1. The molecule has 0 spiro atoms. The Kier molecular flexibility index (Phi) is 3.11. The predicted octanol–water partition coefficient (Wildman–Crippen LogP) is 3.41. The largest absolute Gasteiger partial charge is 0.300 e. The summed E-state index contributed by atoms with van der Waals surface area (Å²) in [5, 5.41) is 0. The summed E-state index contributed by atoms with van der Waals surface area (Å²) >= 11 is 0. The summed E-state index contributed by atoms with van der Waals surface area (Å²) in [5.74, 6) is 0. The van der Waals surface area contributed by atoms with E-state index in [1.54, 1.807) is 0 Å². The molecule has 82 valence electrons. The van der Waals surface area contributed by atoms with E-state index in [0.717, 1.165) is 0 Å². The predicted molar refractivity (Wildman–Crippen MR) is 64.9 cm³/mol. The van der Waals surface area contributed by atoms with Crippen molar-refractivity contribution >= 4 is 0 Å². The van der Waals surface area contributed by atoms with Gasteiger partial charge in [0, 0.05) is 5.54 Å². The maximum absolute atomic E-state index is 2.42. The summed E-state index contributed by atoms with van der Waals surface area (Å²) in [5.41, 5.74) is 1.80. The molecule has 1 saturated carbocycles. The zero-order chi connectivity index (χ0) is 10.7. The minimum atomic E-state index is 0.305. The Bertz CT molecular complexity index is 296. The van der Waals surface area contributed by atoms with Crippen LogP contribution in [0.15, 0.2) is 30.3 Å². The minimum Gasteiger partial charge on any atom is -0.300 e. The van der Waals surface area contributed by atoms with Gasteiger partial charge < -0.3 is 0 Å². The molecule has 0 atom stereocenters. The minimum absolute atomic E-state index is 0.305. The van der Waals surface area contributed by atoms with Crippen molar-refractivity contribution in [1.29, 1.82) is 0 Å². The Labute approximate surface area is 93.1 Å². The first-order chi connectivity index (χ1) is 7.26. The molecule has 0 aromatic heterocycles. The quantitative estimate of drug-likeness (QED) is 0.712. The maximum atomic E-state index is 2.42. The molecule has 1 nitrogen and oxygen atoms in total. The Morgan fingerprint density at radius 3 is 2.07 bits per heavy atom. The van der Waals surface area contributed by atoms with Crippen molar-refractivity contribution in [3.63, 3.8) is 0 Å². The zero-order valence-corrected chi connectivity index (χ0v) is 9.87. The van der Waals surface area contributed by atoms with Gasteiger partial charge in [0.25, 0.3) is 0 Å². The van der Waals surface area contributed by atoms with Crippen molar-refractivity contribution in [1.82, 2.24) is 4.90 Å². The van der Waals surface area contributed by atoms with E-state index in [1.165, 1.54) is 37.7 Å². The summed E-state index contributed by atoms with van der Waals surface area (Å²) in [6.07, 6.45) is 6.76. The van der Waals surface area contributed by atoms with Crippen molar-refractivity contribution in [2.45, 2.75) is 37.6 Å². The van der Waals surface area contributed by atoms with Gasteiger partial charge in [0.1, 0.15) is 0 Å². The van der Waals surface area contributed by atoms with Crippen molar-refractivity contribution in [2.75, 3.05) is 14.1 Å². The number of rotatable bonds is 2. The van der Waals surface area contributed by atoms with Crippen LogP contribution < -0.4 is 0 Å². The third-order valence-corrected chi connectivity index (χ3v) is 3.85. The average molecular weight is 203 g/mol. The highest BCUT2D eigenvalue weighted by atomic mass is 15.1. The van der Waals surface area contributed by atoms with E-state index in [9.17, 15) is 0 Å². The van der Waals surface area contributed by atoms with Crippen LogP contribution in [-0.4, -0.2) is 19.0 Å². The highest BCUT2D eigenvalue weighted by molar-refractivity contribution is 5.25.